The number of carbonyl (C=O) groups is 2. The van der Waals surface area contributed by atoms with E-state index in [1.54, 1.807) is 21.0 Å². The lowest BCUT2D eigenvalue weighted by Gasteiger charge is -2.39. The van der Waals surface area contributed by atoms with Crippen molar-refractivity contribution in [3.63, 3.8) is 0 Å². The summed E-state index contributed by atoms with van der Waals surface area (Å²) in [5.74, 6) is 0.104. The Morgan fingerprint density at radius 3 is 2.57 bits per heavy atom. The maximum absolute atomic E-state index is 14.0. The SMILES string of the molecule is COC1=CC23CCCN2CCc2cc4c(cc2[C@@H]3C1OC(=O)[C@@](O)(CCCC(C)(C)O)CC(=O)OCC(C)C)OCO4. The minimum atomic E-state index is -2.13. The molecule has 0 saturated carbocycles. The lowest BCUT2D eigenvalue weighted by Crippen LogP contribution is -2.49. The van der Waals surface area contributed by atoms with E-state index in [4.69, 9.17) is 23.7 Å². The Bertz CT molecular complexity index is 1220. The number of methoxy groups -OCH3 is 1. The summed E-state index contributed by atoms with van der Waals surface area (Å²) >= 11 is 0. The molecule has 1 fully saturated rings. The first-order chi connectivity index (χ1) is 19.8. The van der Waals surface area contributed by atoms with Crippen molar-refractivity contribution in [2.45, 2.75) is 101 Å². The molecule has 4 aliphatic rings. The largest absolute Gasteiger partial charge is 0.497 e. The van der Waals surface area contributed by atoms with E-state index >= 15 is 0 Å². The Kier molecular flexibility index (Phi) is 8.53. The molecule has 10 heteroatoms. The smallest absolute Gasteiger partial charge is 0.339 e. The molecule has 4 atom stereocenters. The summed E-state index contributed by atoms with van der Waals surface area (Å²) in [7, 11) is 1.56. The highest BCUT2D eigenvalue weighted by molar-refractivity contribution is 5.86. The molecule has 1 aromatic carbocycles. The van der Waals surface area contributed by atoms with Gasteiger partial charge in [-0.15, -0.1) is 0 Å². The van der Waals surface area contributed by atoms with Crippen LogP contribution in [0.4, 0.5) is 0 Å². The number of esters is 2. The lowest BCUT2D eigenvalue weighted by atomic mass is 9.77. The number of rotatable bonds is 11. The Balaban J connectivity index is 1.47. The second-order valence-corrected chi connectivity index (χ2v) is 13.2. The fourth-order valence-electron chi connectivity index (χ4n) is 6.94. The molecule has 1 saturated heterocycles. The standard InChI is InChI=1S/C32H45NO9/c1-20(2)18-39-26(34)17-32(37,11-6-9-30(3,4)36)29(35)42-28-25(38-5)16-31-10-7-12-33(31)13-8-21-14-23-24(41-19-40-23)15-22(21)27(28)31/h14-16,20,27-28,36-37H,6-13,17-19H2,1-5H3/t27-,28?,31?,32-/m1/s1. The molecule has 0 bridgehead atoms. The molecule has 1 spiro atoms. The van der Waals surface area contributed by atoms with Crippen molar-refractivity contribution in [2.75, 3.05) is 33.6 Å². The minimum absolute atomic E-state index is 0.0669. The van der Waals surface area contributed by atoms with Crippen LogP contribution in [-0.4, -0.2) is 83.5 Å². The Labute approximate surface area is 247 Å². The molecule has 0 aromatic heterocycles. The van der Waals surface area contributed by atoms with E-state index in [0.29, 0.717) is 30.1 Å². The van der Waals surface area contributed by atoms with E-state index < -0.39 is 41.2 Å². The second-order valence-electron chi connectivity index (χ2n) is 13.2. The number of benzene rings is 1. The molecule has 232 valence electrons. The summed E-state index contributed by atoms with van der Waals surface area (Å²) < 4.78 is 28.8. The van der Waals surface area contributed by atoms with Gasteiger partial charge in [-0.3, -0.25) is 9.69 Å². The summed E-state index contributed by atoms with van der Waals surface area (Å²) in [4.78, 5) is 29.2. The second kappa shape index (κ2) is 11.7. The summed E-state index contributed by atoms with van der Waals surface area (Å²) in [5, 5.41) is 22.0. The first-order valence-electron chi connectivity index (χ1n) is 15.1. The lowest BCUT2D eigenvalue weighted by molar-refractivity contribution is -0.179. The molecule has 1 aliphatic carbocycles. The Morgan fingerprint density at radius 1 is 1.14 bits per heavy atom. The minimum Gasteiger partial charge on any atom is -0.497 e. The molecule has 42 heavy (non-hydrogen) atoms. The van der Waals surface area contributed by atoms with E-state index in [1.807, 2.05) is 26.0 Å². The maximum atomic E-state index is 14.0. The average molecular weight is 588 g/mol. The molecule has 2 N–H and O–H groups in total. The molecule has 3 aliphatic heterocycles. The first kappa shape index (κ1) is 30.6. The van der Waals surface area contributed by atoms with Crippen LogP contribution in [-0.2, 0) is 30.2 Å². The number of aliphatic hydroxyl groups is 2. The van der Waals surface area contributed by atoms with Gasteiger partial charge in [-0.1, -0.05) is 13.8 Å². The summed E-state index contributed by atoms with van der Waals surface area (Å²) in [6, 6.07) is 4.02. The fourth-order valence-corrected chi connectivity index (χ4v) is 6.94. The van der Waals surface area contributed by atoms with E-state index in [-0.39, 0.29) is 31.7 Å². The third kappa shape index (κ3) is 5.98. The molecule has 0 amide bonds. The number of hydrogen-bond donors (Lipinski definition) is 2. The van der Waals surface area contributed by atoms with Crippen LogP contribution in [0.5, 0.6) is 11.5 Å². The van der Waals surface area contributed by atoms with Gasteiger partial charge in [0.15, 0.2) is 23.2 Å². The molecular weight excluding hydrogens is 542 g/mol. The van der Waals surface area contributed by atoms with Crippen LogP contribution in [0.25, 0.3) is 0 Å². The normalized spacial score (nSPS) is 26.0. The van der Waals surface area contributed by atoms with Crippen molar-refractivity contribution in [1.29, 1.82) is 0 Å². The van der Waals surface area contributed by atoms with Crippen LogP contribution in [0.3, 0.4) is 0 Å². The predicted molar refractivity (Wildman–Crippen MR) is 153 cm³/mol. The van der Waals surface area contributed by atoms with Gasteiger partial charge >= 0.3 is 11.9 Å². The van der Waals surface area contributed by atoms with Gasteiger partial charge in [0.05, 0.1) is 37.2 Å². The molecular formula is C32H45NO9. The predicted octanol–water partition coefficient (Wildman–Crippen LogP) is 3.61. The monoisotopic (exact) mass is 587 g/mol. The van der Waals surface area contributed by atoms with Crippen LogP contribution < -0.4 is 9.47 Å². The number of ether oxygens (including phenoxy) is 5. The highest BCUT2D eigenvalue weighted by Crippen LogP contribution is 2.55. The Hall–Kier alpha value is -2.82. The summed E-state index contributed by atoms with van der Waals surface area (Å²) in [6.45, 7) is 9.23. The van der Waals surface area contributed by atoms with Crippen LogP contribution in [0.1, 0.15) is 83.3 Å². The van der Waals surface area contributed by atoms with Crippen molar-refractivity contribution in [1.82, 2.24) is 4.90 Å². The third-order valence-electron chi connectivity index (χ3n) is 8.97. The van der Waals surface area contributed by atoms with Crippen LogP contribution >= 0.6 is 0 Å². The van der Waals surface area contributed by atoms with Crippen LogP contribution in [0.2, 0.25) is 0 Å². The zero-order valence-electron chi connectivity index (χ0n) is 25.4. The van der Waals surface area contributed by atoms with E-state index in [9.17, 15) is 19.8 Å². The van der Waals surface area contributed by atoms with E-state index in [0.717, 1.165) is 43.5 Å². The van der Waals surface area contributed by atoms with Crippen molar-refractivity contribution in [2.24, 2.45) is 5.92 Å². The fraction of sp³-hybridized carbons (Fsp3) is 0.688. The Morgan fingerprint density at radius 2 is 1.88 bits per heavy atom. The molecule has 2 unspecified atom stereocenters. The quantitative estimate of drug-likeness (QED) is 0.371. The van der Waals surface area contributed by atoms with Gasteiger partial charge in [-0.2, -0.15) is 0 Å². The van der Waals surface area contributed by atoms with E-state index in [2.05, 4.69) is 11.0 Å². The molecule has 0 radical (unpaired) electrons. The van der Waals surface area contributed by atoms with Crippen LogP contribution in [0.15, 0.2) is 24.0 Å². The molecule has 5 rings (SSSR count). The third-order valence-corrected chi connectivity index (χ3v) is 8.97. The van der Waals surface area contributed by atoms with Crippen molar-refractivity contribution in [3.8, 4) is 11.5 Å². The first-order valence-corrected chi connectivity index (χ1v) is 15.1. The highest BCUT2D eigenvalue weighted by Gasteiger charge is 2.59. The van der Waals surface area contributed by atoms with Crippen molar-refractivity contribution in [3.05, 3.63) is 35.1 Å². The topological polar surface area (TPSA) is 124 Å². The number of fused-ring (bicyclic) bond motifs is 3. The average Bonchev–Trinajstić information content (AvgIpc) is 3.60. The molecule has 1 aromatic rings. The van der Waals surface area contributed by atoms with Gasteiger partial charge in [0.25, 0.3) is 0 Å². The molecule has 3 heterocycles. The zero-order valence-corrected chi connectivity index (χ0v) is 25.4. The number of carbonyl (C=O) groups excluding carboxylic acids is 2. The number of nitrogens with zero attached hydrogens (tertiary/aromatic N) is 1. The van der Waals surface area contributed by atoms with Crippen molar-refractivity contribution < 1.29 is 43.5 Å². The highest BCUT2D eigenvalue weighted by atomic mass is 16.7. The van der Waals surface area contributed by atoms with Crippen LogP contribution in [0, 0.1) is 5.92 Å². The van der Waals surface area contributed by atoms with E-state index in [1.165, 1.54) is 0 Å². The van der Waals surface area contributed by atoms with Gasteiger partial charge in [0, 0.05) is 6.54 Å². The summed E-state index contributed by atoms with van der Waals surface area (Å²) in [5.41, 5.74) is -1.44. The zero-order chi connectivity index (χ0) is 30.3. The van der Waals surface area contributed by atoms with Gasteiger partial charge in [0.1, 0.15) is 5.76 Å². The van der Waals surface area contributed by atoms with Gasteiger partial charge in [0.2, 0.25) is 6.79 Å². The van der Waals surface area contributed by atoms with Gasteiger partial charge in [-0.05, 0) is 94.2 Å². The van der Waals surface area contributed by atoms with Crippen molar-refractivity contribution >= 4 is 11.9 Å². The van der Waals surface area contributed by atoms with Gasteiger partial charge < -0.3 is 33.9 Å². The molecule has 10 nitrogen and oxygen atoms in total. The van der Waals surface area contributed by atoms with Gasteiger partial charge in [-0.25, -0.2) is 4.79 Å². The maximum Gasteiger partial charge on any atom is 0.339 e. The number of hydrogen-bond acceptors (Lipinski definition) is 10. The summed E-state index contributed by atoms with van der Waals surface area (Å²) in [6.07, 6.45) is 3.96.